The molecule has 0 aliphatic rings. The van der Waals surface area contributed by atoms with E-state index in [4.69, 9.17) is 4.74 Å². The number of hydrogen-bond acceptors (Lipinski definition) is 3. The van der Waals surface area contributed by atoms with Gasteiger partial charge < -0.3 is 14.8 Å². The van der Waals surface area contributed by atoms with Crippen LogP contribution in [-0.4, -0.2) is 16.1 Å². The number of carbonyl (C=O) groups excluding carboxylic acids is 1. The van der Waals surface area contributed by atoms with Crippen LogP contribution in [0.25, 0.3) is 10.9 Å². The molecule has 1 atom stereocenters. The third kappa shape index (κ3) is 3.79. The van der Waals surface area contributed by atoms with Crippen molar-refractivity contribution in [2.75, 3.05) is 0 Å². The molecular formula is C18H17AcNO3. The molecule has 1 radical (unpaired) electrons. The van der Waals surface area contributed by atoms with Crippen molar-refractivity contribution in [1.29, 1.82) is 0 Å². The van der Waals surface area contributed by atoms with Crippen LogP contribution in [0.15, 0.2) is 48.5 Å². The molecule has 115 valence electrons. The molecule has 0 saturated carbocycles. The average Bonchev–Trinajstić information content (AvgIpc) is 2.83. The summed E-state index contributed by atoms with van der Waals surface area (Å²) >= 11 is 0. The van der Waals surface area contributed by atoms with E-state index in [0.29, 0.717) is 10.9 Å². The Labute approximate surface area is 170 Å². The summed E-state index contributed by atoms with van der Waals surface area (Å²) in [4.78, 5) is 15.6. The van der Waals surface area contributed by atoms with Gasteiger partial charge in [-0.1, -0.05) is 30.3 Å². The van der Waals surface area contributed by atoms with Crippen molar-refractivity contribution in [2.45, 2.75) is 20.0 Å². The second-order valence-electron chi connectivity index (χ2n) is 5.31. The molecule has 1 heterocycles. The summed E-state index contributed by atoms with van der Waals surface area (Å²) in [7, 11) is 0. The molecule has 0 spiro atoms. The Kier molecular flexibility index (Phi) is 5.89. The zero-order valence-corrected chi connectivity index (χ0v) is 17.8. The Morgan fingerprint density at radius 1 is 1.17 bits per heavy atom. The number of carbonyl (C=O) groups is 1. The summed E-state index contributed by atoms with van der Waals surface area (Å²) in [5.74, 6) is -0.276. The Morgan fingerprint density at radius 2 is 1.87 bits per heavy atom. The first-order valence-corrected chi connectivity index (χ1v) is 7.13. The molecule has 0 bridgehead atoms. The standard InChI is InChI=1S/C18H17NO3.Ac/c1-11-17(15-10-14(20)8-9-16(15)19-11)18(21)22-12(2)13-6-4-3-5-7-13;/h3-10,12,19-20H,1-2H3;/t12-;/m0./s1. The molecule has 2 aromatic carbocycles. The minimum absolute atomic E-state index is 0. The van der Waals surface area contributed by atoms with Crippen molar-refractivity contribution in [2.24, 2.45) is 0 Å². The Morgan fingerprint density at radius 3 is 2.57 bits per heavy atom. The van der Waals surface area contributed by atoms with Gasteiger partial charge in [-0.05, 0) is 37.6 Å². The minimum atomic E-state index is -0.397. The monoisotopic (exact) mass is 522 g/mol. The van der Waals surface area contributed by atoms with Crippen molar-refractivity contribution in [3.63, 3.8) is 0 Å². The number of aryl methyl sites for hydroxylation is 1. The van der Waals surface area contributed by atoms with Crippen molar-refractivity contribution >= 4 is 16.9 Å². The van der Waals surface area contributed by atoms with E-state index in [9.17, 15) is 9.90 Å². The van der Waals surface area contributed by atoms with E-state index in [2.05, 4.69) is 4.98 Å². The van der Waals surface area contributed by atoms with Gasteiger partial charge in [0.15, 0.2) is 0 Å². The van der Waals surface area contributed by atoms with E-state index in [0.717, 1.165) is 16.8 Å². The molecule has 0 saturated heterocycles. The Hall–Kier alpha value is -1.31. The quantitative estimate of drug-likeness (QED) is 0.510. The number of nitrogens with one attached hydrogen (secondary N) is 1. The van der Waals surface area contributed by atoms with E-state index in [1.807, 2.05) is 44.2 Å². The largest absolute Gasteiger partial charge is 0.508 e. The van der Waals surface area contributed by atoms with Crippen molar-refractivity contribution in [3.05, 3.63) is 65.4 Å². The zero-order chi connectivity index (χ0) is 15.7. The third-order valence-electron chi connectivity index (χ3n) is 3.73. The maximum Gasteiger partial charge on any atom is 0.341 e. The summed E-state index contributed by atoms with van der Waals surface area (Å²) < 4.78 is 5.57. The predicted molar refractivity (Wildman–Crippen MR) is 85.0 cm³/mol. The third-order valence-corrected chi connectivity index (χ3v) is 3.73. The van der Waals surface area contributed by atoms with Crippen LogP contribution in [0.5, 0.6) is 5.75 Å². The fraction of sp³-hybridized carbons (Fsp3) is 0.167. The number of rotatable bonds is 3. The van der Waals surface area contributed by atoms with Crippen molar-refractivity contribution < 1.29 is 58.7 Å². The molecule has 5 heteroatoms. The van der Waals surface area contributed by atoms with Gasteiger partial charge in [0.05, 0.1) is 5.56 Å². The summed E-state index contributed by atoms with van der Waals surface area (Å²) in [6.07, 6.45) is -0.338. The van der Waals surface area contributed by atoms with Crippen LogP contribution in [0.4, 0.5) is 0 Å². The van der Waals surface area contributed by atoms with Crippen LogP contribution in [0.2, 0.25) is 0 Å². The van der Waals surface area contributed by atoms with Gasteiger partial charge in [-0.2, -0.15) is 0 Å². The SMILES string of the molecule is Cc1[nH]c2ccc(O)cc2c1C(=O)O[C@@H](C)c1ccccc1.[Ac]. The number of aromatic hydroxyl groups is 1. The molecule has 23 heavy (non-hydrogen) atoms. The molecule has 0 unspecified atom stereocenters. The fourth-order valence-corrected chi connectivity index (χ4v) is 2.59. The van der Waals surface area contributed by atoms with E-state index < -0.39 is 5.97 Å². The first kappa shape index (κ1) is 18.0. The number of esters is 1. The van der Waals surface area contributed by atoms with E-state index in [-0.39, 0.29) is 55.9 Å². The molecule has 0 aliphatic heterocycles. The molecule has 0 fully saturated rings. The van der Waals surface area contributed by atoms with Crippen LogP contribution in [0.1, 0.15) is 34.6 Å². The van der Waals surface area contributed by atoms with E-state index in [1.165, 1.54) is 0 Å². The maximum absolute atomic E-state index is 12.5. The summed E-state index contributed by atoms with van der Waals surface area (Å²) in [5.41, 5.74) is 2.94. The summed E-state index contributed by atoms with van der Waals surface area (Å²) in [6.45, 7) is 3.66. The molecule has 2 N–H and O–H groups in total. The first-order valence-electron chi connectivity index (χ1n) is 7.13. The predicted octanol–water partition coefficient (Wildman–Crippen LogP) is 4.10. The number of ether oxygens (including phenoxy) is 1. The Balaban J connectivity index is 0.00000192. The van der Waals surface area contributed by atoms with Gasteiger partial charge in [-0.15, -0.1) is 0 Å². The van der Waals surface area contributed by atoms with Gasteiger partial charge in [0.25, 0.3) is 0 Å². The Bertz CT molecular complexity index is 827. The summed E-state index contributed by atoms with van der Waals surface area (Å²) in [5, 5.41) is 10.3. The molecule has 0 amide bonds. The van der Waals surface area contributed by atoms with Crippen LogP contribution in [-0.2, 0) is 4.74 Å². The van der Waals surface area contributed by atoms with Gasteiger partial charge in [0.2, 0.25) is 0 Å². The van der Waals surface area contributed by atoms with Crippen LogP contribution in [0.3, 0.4) is 0 Å². The number of H-pyrrole nitrogens is 1. The molecular weight excluding hydrogens is 505 g/mol. The summed E-state index contributed by atoms with van der Waals surface area (Å²) in [6, 6.07) is 14.5. The van der Waals surface area contributed by atoms with Gasteiger partial charge >= 0.3 is 5.97 Å². The second-order valence-corrected chi connectivity index (χ2v) is 5.31. The van der Waals surface area contributed by atoms with E-state index in [1.54, 1.807) is 18.2 Å². The van der Waals surface area contributed by atoms with E-state index >= 15 is 0 Å². The number of phenols is 1. The number of benzene rings is 2. The van der Waals surface area contributed by atoms with Gasteiger partial charge in [0, 0.05) is 60.7 Å². The topological polar surface area (TPSA) is 62.3 Å². The molecule has 3 aromatic rings. The smallest absolute Gasteiger partial charge is 0.341 e. The number of hydrogen-bond donors (Lipinski definition) is 2. The number of fused-ring (bicyclic) bond motifs is 1. The number of aromatic nitrogens is 1. The van der Waals surface area contributed by atoms with Crippen LogP contribution >= 0.6 is 0 Å². The van der Waals surface area contributed by atoms with Gasteiger partial charge in [0.1, 0.15) is 11.9 Å². The number of aromatic amines is 1. The maximum atomic E-state index is 12.5. The molecule has 3 rings (SSSR count). The fourth-order valence-electron chi connectivity index (χ4n) is 2.59. The molecule has 1 aromatic heterocycles. The zero-order valence-electron chi connectivity index (χ0n) is 13.0. The van der Waals surface area contributed by atoms with Crippen molar-refractivity contribution in [1.82, 2.24) is 4.98 Å². The van der Waals surface area contributed by atoms with Gasteiger partial charge in [-0.3, -0.25) is 0 Å². The van der Waals surface area contributed by atoms with Crippen molar-refractivity contribution in [3.8, 4) is 5.75 Å². The molecule has 0 aliphatic carbocycles. The first-order chi connectivity index (χ1) is 10.6. The van der Waals surface area contributed by atoms with Gasteiger partial charge in [-0.25, -0.2) is 4.79 Å². The normalized spacial score (nSPS) is 11.7. The second kappa shape index (κ2) is 7.51. The minimum Gasteiger partial charge on any atom is -0.508 e. The number of phenolic OH excluding ortho intramolecular Hbond substituents is 1. The average molecular weight is 522 g/mol. The molecule has 4 nitrogen and oxygen atoms in total. The van der Waals surface area contributed by atoms with Crippen LogP contribution in [0, 0.1) is 51.0 Å². The van der Waals surface area contributed by atoms with Crippen LogP contribution < -0.4 is 0 Å².